The molecule has 1 aromatic heterocycles. The number of hydrogen-bond acceptors (Lipinski definition) is 4. The first-order chi connectivity index (χ1) is 13.7. The quantitative estimate of drug-likeness (QED) is 0.386. The first-order valence-corrected chi connectivity index (χ1v) is 10.2. The molecular weight excluding hydrogens is 352 g/mol. The smallest absolute Gasteiger partial charge is 0.226 e. The number of benzene rings is 1. The van der Waals surface area contributed by atoms with E-state index in [1.165, 1.54) is 18.4 Å². The maximum absolute atomic E-state index is 5.74. The first-order valence-electron chi connectivity index (χ1n) is 10.2. The van der Waals surface area contributed by atoms with Crippen molar-refractivity contribution in [3.8, 4) is 11.5 Å². The van der Waals surface area contributed by atoms with Gasteiger partial charge in [-0.15, -0.1) is 0 Å². The third-order valence-electron chi connectivity index (χ3n) is 4.80. The maximum Gasteiger partial charge on any atom is 0.226 e. The Kier molecular flexibility index (Phi) is 7.48. The molecule has 1 aliphatic rings. The van der Waals surface area contributed by atoms with E-state index in [0.717, 1.165) is 55.9 Å². The third kappa shape index (κ3) is 6.37. The number of oxazole rings is 1. The molecule has 6 heteroatoms. The zero-order valence-corrected chi connectivity index (χ0v) is 17.3. The summed E-state index contributed by atoms with van der Waals surface area (Å²) in [4.78, 5) is 11.4. The second-order valence-electron chi connectivity index (χ2n) is 7.44. The number of nitrogens with one attached hydrogen (secondary N) is 1. The summed E-state index contributed by atoms with van der Waals surface area (Å²) in [6.45, 7) is 8.13. The first kappa shape index (κ1) is 20.4. The van der Waals surface area contributed by atoms with Crippen molar-refractivity contribution in [3.05, 3.63) is 41.8 Å². The molecule has 6 nitrogen and oxygen atoms in total. The van der Waals surface area contributed by atoms with Gasteiger partial charge < -0.3 is 19.4 Å². The number of ether oxygens (including phenoxy) is 1. The van der Waals surface area contributed by atoms with Crippen LogP contribution in [-0.4, -0.2) is 55.7 Å². The van der Waals surface area contributed by atoms with Crippen molar-refractivity contribution in [1.82, 2.24) is 15.2 Å². The summed E-state index contributed by atoms with van der Waals surface area (Å²) in [6, 6.07) is 8.20. The summed E-state index contributed by atoms with van der Waals surface area (Å²) < 4.78 is 11.4. The highest BCUT2D eigenvalue weighted by Gasteiger charge is 2.21. The van der Waals surface area contributed by atoms with Gasteiger partial charge in [0.05, 0.1) is 12.3 Å². The highest BCUT2D eigenvalue weighted by Crippen LogP contribution is 2.28. The lowest BCUT2D eigenvalue weighted by Crippen LogP contribution is -2.40. The van der Waals surface area contributed by atoms with E-state index in [0.29, 0.717) is 12.4 Å². The number of aromatic nitrogens is 1. The minimum absolute atomic E-state index is 0.662. The van der Waals surface area contributed by atoms with E-state index in [1.54, 1.807) is 6.26 Å². The number of rotatable bonds is 10. The molecule has 28 heavy (non-hydrogen) atoms. The predicted molar refractivity (Wildman–Crippen MR) is 113 cm³/mol. The van der Waals surface area contributed by atoms with E-state index in [9.17, 15) is 0 Å². The molecule has 0 bridgehead atoms. The molecule has 1 aliphatic carbocycles. The molecule has 0 unspecified atom stereocenters. The Labute approximate surface area is 168 Å². The molecule has 0 atom stereocenters. The molecule has 0 amide bonds. The fourth-order valence-corrected chi connectivity index (χ4v) is 2.84. The van der Waals surface area contributed by atoms with Crippen LogP contribution in [0.15, 0.2) is 39.9 Å². The van der Waals surface area contributed by atoms with E-state index in [-0.39, 0.29) is 0 Å². The number of likely N-dealkylation sites (N-methyl/N-ethyl adjacent to an activating group) is 1. The van der Waals surface area contributed by atoms with Crippen LogP contribution >= 0.6 is 0 Å². The zero-order chi connectivity index (χ0) is 19.8. The standard InChI is InChI=1S/C22H32N4O2/c1-4-23-22(26(3)13-14-27-15-18-7-8-18)24-12-11-20-16-28-21(25-20)19-9-5-17(2)6-10-19/h5-6,9-10,16,18H,4,7-8,11-15H2,1-3H3,(H,23,24). The van der Waals surface area contributed by atoms with Gasteiger partial charge in [0.2, 0.25) is 5.89 Å². The molecule has 1 saturated carbocycles. The molecule has 0 radical (unpaired) electrons. The van der Waals surface area contributed by atoms with Gasteiger partial charge in [0.25, 0.3) is 0 Å². The van der Waals surface area contributed by atoms with Crippen LogP contribution in [-0.2, 0) is 11.2 Å². The highest BCUT2D eigenvalue weighted by atomic mass is 16.5. The number of aliphatic imine (C=N–C) groups is 1. The second-order valence-corrected chi connectivity index (χ2v) is 7.44. The topological polar surface area (TPSA) is 62.9 Å². The van der Waals surface area contributed by atoms with Crippen molar-refractivity contribution >= 4 is 5.96 Å². The number of hydrogen-bond donors (Lipinski definition) is 1. The van der Waals surface area contributed by atoms with E-state index < -0.39 is 0 Å². The van der Waals surface area contributed by atoms with Gasteiger partial charge in [-0.1, -0.05) is 17.7 Å². The van der Waals surface area contributed by atoms with Crippen LogP contribution < -0.4 is 5.32 Å². The Balaban J connectivity index is 1.48. The Hall–Kier alpha value is -2.34. The Morgan fingerprint density at radius 1 is 1.32 bits per heavy atom. The van der Waals surface area contributed by atoms with Gasteiger partial charge in [0.1, 0.15) is 6.26 Å². The molecular formula is C22H32N4O2. The number of guanidine groups is 1. The SMILES string of the molecule is CCNC(=NCCc1coc(-c2ccc(C)cc2)n1)N(C)CCOCC1CC1. The van der Waals surface area contributed by atoms with E-state index in [1.807, 2.05) is 19.2 Å². The lowest BCUT2D eigenvalue weighted by molar-refractivity contribution is 0.115. The lowest BCUT2D eigenvalue weighted by atomic mass is 10.1. The van der Waals surface area contributed by atoms with Crippen molar-refractivity contribution < 1.29 is 9.15 Å². The fourth-order valence-electron chi connectivity index (χ4n) is 2.84. The molecule has 0 spiro atoms. The second kappa shape index (κ2) is 10.3. The van der Waals surface area contributed by atoms with E-state index >= 15 is 0 Å². The highest BCUT2D eigenvalue weighted by molar-refractivity contribution is 5.79. The summed E-state index contributed by atoms with van der Waals surface area (Å²) in [7, 11) is 2.05. The molecule has 1 N–H and O–H groups in total. The van der Waals surface area contributed by atoms with Gasteiger partial charge >= 0.3 is 0 Å². The van der Waals surface area contributed by atoms with E-state index in [4.69, 9.17) is 14.1 Å². The Morgan fingerprint density at radius 2 is 2.11 bits per heavy atom. The van der Waals surface area contributed by atoms with Gasteiger partial charge in [-0.05, 0) is 44.7 Å². The van der Waals surface area contributed by atoms with Crippen LogP contribution in [0, 0.1) is 12.8 Å². The minimum Gasteiger partial charge on any atom is -0.444 e. The van der Waals surface area contributed by atoms with Crippen LogP contribution in [0.2, 0.25) is 0 Å². The number of aryl methyl sites for hydroxylation is 1. The molecule has 1 aromatic carbocycles. The summed E-state index contributed by atoms with van der Waals surface area (Å²) in [5, 5.41) is 3.34. The predicted octanol–water partition coefficient (Wildman–Crippen LogP) is 3.52. The Bertz CT molecular complexity index is 750. The van der Waals surface area contributed by atoms with Crippen molar-refractivity contribution in [1.29, 1.82) is 0 Å². The van der Waals surface area contributed by atoms with Crippen molar-refractivity contribution in [2.45, 2.75) is 33.1 Å². The monoisotopic (exact) mass is 384 g/mol. The number of nitrogens with zero attached hydrogens (tertiary/aromatic N) is 3. The normalized spacial score (nSPS) is 14.3. The van der Waals surface area contributed by atoms with Gasteiger partial charge in [0.15, 0.2) is 5.96 Å². The largest absolute Gasteiger partial charge is 0.444 e. The molecule has 0 aliphatic heterocycles. The van der Waals surface area contributed by atoms with Crippen molar-refractivity contribution in [2.75, 3.05) is 39.9 Å². The van der Waals surface area contributed by atoms with Crippen LogP contribution in [0.25, 0.3) is 11.5 Å². The van der Waals surface area contributed by atoms with Crippen LogP contribution in [0.5, 0.6) is 0 Å². The van der Waals surface area contributed by atoms with Crippen molar-refractivity contribution in [3.63, 3.8) is 0 Å². The Morgan fingerprint density at radius 3 is 2.82 bits per heavy atom. The summed E-state index contributed by atoms with van der Waals surface area (Å²) in [5.74, 6) is 2.37. The van der Waals surface area contributed by atoms with Crippen LogP contribution in [0.4, 0.5) is 0 Å². The fraction of sp³-hybridized carbons (Fsp3) is 0.545. The molecule has 0 saturated heterocycles. The molecule has 152 valence electrons. The molecule has 3 rings (SSSR count). The van der Waals surface area contributed by atoms with Gasteiger partial charge in [-0.25, -0.2) is 4.98 Å². The molecule has 1 heterocycles. The van der Waals surface area contributed by atoms with Crippen molar-refractivity contribution in [2.24, 2.45) is 10.9 Å². The summed E-state index contributed by atoms with van der Waals surface area (Å²) in [5.41, 5.74) is 3.15. The van der Waals surface area contributed by atoms with Gasteiger partial charge in [0, 0.05) is 45.3 Å². The summed E-state index contributed by atoms with van der Waals surface area (Å²) in [6.07, 6.45) is 5.13. The minimum atomic E-state index is 0.662. The third-order valence-corrected chi connectivity index (χ3v) is 4.80. The summed E-state index contributed by atoms with van der Waals surface area (Å²) >= 11 is 0. The van der Waals surface area contributed by atoms with Crippen LogP contribution in [0.3, 0.4) is 0 Å². The van der Waals surface area contributed by atoms with Crippen LogP contribution in [0.1, 0.15) is 31.0 Å². The van der Waals surface area contributed by atoms with Gasteiger partial charge in [-0.2, -0.15) is 0 Å². The average molecular weight is 385 g/mol. The zero-order valence-electron chi connectivity index (χ0n) is 17.3. The molecule has 1 fully saturated rings. The molecule has 2 aromatic rings. The van der Waals surface area contributed by atoms with E-state index in [2.05, 4.69) is 41.2 Å². The average Bonchev–Trinajstić information content (AvgIpc) is 3.41. The van der Waals surface area contributed by atoms with Gasteiger partial charge in [-0.3, -0.25) is 4.99 Å². The maximum atomic E-state index is 5.74. The lowest BCUT2D eigenvalue weighted by Gasteiger charge is -2.22.